The summed E-state index contributed by atoms with van der Waals surface area (Å²) in [7, 11) is 1.57. The predicted molar refractivity (Wildman–Crippen MR) is 72.1 cm³/mol. The number of carboxylic acid groups (broad SMARTS) is 1. The Balaban J connectivity index is 1.90. The maximum Gasteiger partial charge on any atom is 0.411 e. The van der Waals surface area contributed by atoms with Crippen LogP contribution in [0.1, 0.15) is 18.4 Å². The average molecular weight is 278 g/mol. The fourth-order valence-electron chi connectivity index (χ4n) is 2.32. The Morgan fingerprint density at radius 1 is 1.40 bits per heavy atom. The lowest BCUT2D eigenvalue weighted by molar-refractivity contribution is 0.0546. The molecule has 0 bridgehead atoms. The maximum atomic E-state index is 12.0. The first-order valence-electron chi connectivity index (χ1n) is 6.52. The molecule has 1 aromatic rings. The molecule has 1 aliphatic rings. The number of amides is 2. The molecular weight excluding hydrogens is 260 g/mol. The first-order valence-corrected chi connectivity index (χ1v) is 6.52. The van der Waals surface area contributed by atoms with Crippen LogP contribution in [-0.2, 0) is 11.3 Å². The maximum absolute atomic E-state index is 12.0. The topological polar surface area (TPSA) is 70.1 Å². The van der Waals surface area contributed by atoms with Crippen LogP contribution in [0.15, 0.2) is 30.3 Å². The molecule has 108 valence electrons. The smallest absolute Gasteiger partial charge is 0.411 e. The summed E-state index contributed by atoms with van der Waals surface area (Å²) in [5, 5.41) is 9.07. The lowest BCUT2D eigenvalue weighted by atomic mass is 10.2. The Bertz CT molecular complexity index is 477. The van der Waals surface area contributed by atoms with E-state index in [9.17, 15) is 9.59 Å². The number of carbonyl (C=O) groups is 2. The normalized spacial score (nSPS) is 17.9. The second kappa shape index (κ2) is 6.27. The molecule has 1 fully saturated rings. The van der Waals surface area contributed by atoms with Crippen LogP contribution in [0, 0.1) is 0 Å². The van der Waals surface area contributed by atoms with Crippen LogP contribution in [0.2, 0.25) is 0 Å². The third-order valence-corrected chi connectivity index (χ3v) is 3.41. The van der Waals surface area contributed by atoms with Crippen molar-refractivity contribution in [2.45, 2.75) is 25.6 Å². The van der Waals surface area contributed by atoms with Crippen molar-refractivity contribution in [3.63, 3.8) is 0 Å². The van der Waals surface area contributed by atoms with Crippen molar-refractivity contribution < 1.29 is 19.4 Å². The molecule has 0 spiro atoms. The van der Waals surface area contributed by atoms with Gasteiger partial charge >= 0.3 is 12.2 Å². The molecular formula is C14H18N2O4. The highest BCUT2D eigenvalue weighted by Crippen LogP contribution is 2.20. The zero-order valence-corrected chi connectivity index (χ0v) is 11.4. The van der Waals surface area contributed by atoms with Crippen LogP contribution >= 0.6 is 0 Å². The van der Waals surface area contributed by atoms with Gasteiger partial charge in [0, 0.05) is 13.6 Å². The summed E-state index contributed by atoms with van der Waals surface area (Å²) >= 11 is 0. The van der Waals surface area contributed by atoms with Gasteiger partial charge in [0.2, 0.25) is 0 Å². The van der Waals surface area contributed by atoms with Gasteiger partial charge < -0.3 is 9.84 Å². The van der Waals surface area contributed by atoms with Crippen LogP contribution in [-0.4, -0.2) is 46.9 Å². The van der Waals surface area contributed by atoms with E-state index >= 15 is 0 Å². The fourth-order valence-corrected chi connectivity index (χ4v) is 2.32. The molecule has 1 saturated heterocycles. The van der Waals surface area contributed by atoms with Gasteiger partial charge in [-0.1, -0.05) is 30.3 Å². The van der Waals surface area contributed by atoms with E-state index in [0.717, 1.165) is 12.0 Å². The highest BCUT2D eigenvalue weighted by molar-refractivity contribution is 5.70. The van der Waals surface area contributed by atoms with Crippen molar-refractivity contribution in [2.24, 2.45) is 0 Å². The Morgan fingerprint density at radius 2 is 2.10 bits per heavy atom. The number of ether oxygens (including phenoxy) is 1. The van der Waals surface area contributed by atoms with Gasteiger partial charge in [-0.05, 0) is 18.4 Å². The van der Waals surface area contributed by atoms with Gasteiger partial charge in [-0.2, -0.15) is 0 Å². The monoisotopic (exact) mass is 278 g/mol. The number of carbonyl (C=O) groups excluding carboxylic acids is 1. The van der Waals surface area contributed by atoms with Gasteiger partial charge in [-0.15, -0.1) is 0 Å². The fraction of sp³-hybridized carbons (Fsp3) is 0.429. The first kappa shape index (κ1) is 14.2. The number of hydrogen-bond donors (Lipinski definition) is 1. The molecule has 20 heavy (non-hydrogen) atoms. The minimum atomic E-state index is -1.00. The SMILES string of the molecule is CN(C(=O)OCc1ccccc1)C1CCCN1C(=O)O. The molecule has 1 N–H and O–H groups in total. The van der Waals surface area contributed by atoms with Gasteiger partial charge in [0.25, 0.3) is 0 Å². The van der Waals surface area contributed by atoms with Crippen molar-refractivity contribution in [1.29, 1.82) is 0 Å². The van der Waals surface area contributed by atoms with E-state index < -0.39 is 18.4 Å². The van der Waals surface area contributed by atoms with Crippen molar-refractivity contribution >= 4 is 12.2 Å². The molecule has 0 radical (unpaired) electrons. The van der Waals surface area contributed by atoms with Gasteiger partial charge in [0.1, 0.15) is 12.8 Å². The van der Waals surface area contributed by atoms with Gasteiger partial charge in [-0.25, -0.2) is 9.59 Å². The summed E-state index contributed by atoms with van der Waals surface area (Å²) in [6.07, 6.45) is -0.547. The third kappa shape index (κ3) is 3.20. The molecule has 0 aliphatic carbocycles. The highest BCUT2D eigenvalue weighted by atomic mass is 16.6. The number of likely N-dealkylation sites (tertiary alicyclic amines) is 1. The lowest BCUT2D eigenvalue weighted by Gasteiger charge is -2.29. The molecule has 1 heterocycles. The van der Waals surface area contributed by atoms with Gasteiger partial charge in [-0.3, -0.25) is 9.80 Å². The molecule has 1 atom stereocenters. The van der Waals surface area contributed by atoms with Crippen molar-refractivity contribution in [3.05, 3.63) is 35.9 Å². The Labute approximate surface area is 117 Å². The van der Waals surface area contributed by atoms with E-state index in [-0.39, 0.29) is 6.61 Å². The number of nitrogens with zero attached hydrogens (tertiary/aromatic N) is 2. The first-order chi connectivity index (χ1) is 9.59. The third-order valence-electron chi connectivity index (χ3n) is 3.41. The van der Waals surface area contributed by atoms with E-state index in [4.69, 9.17) is 9.84 Å². The zero-order valence-electron chi connectivity index (χ0n) is 11.4. The number of rotatable bonds is 3. The molecule has 6 heteroatoms. The van der Waals surface area contributed by atoms with Crippen LogP contribution in [0.5, 0.6) is 0 Å². The Hall–Kier alpha value is -2.24. The van der Waals surface area contributed by atoms with Crippen LogP contribution < -0.4 is 0 Å². The molecule has 2 amide bonds. The Kier molecular flexibility index (Phi) is 4.45. The number of hydrogen-bond acceptors (Lipinski definition) is 3. The summed E-state index contributed by atoms with van der Waals surface area (Å²) in [4.78, 5) is 25.6. The summed E-state index contributed by atoms with van der Waals surface area (Å²) in [6, 6.07) is 9.37. The van der Waals surface area contributed by atoms with Crippen molar-refractivity contribution in [3.8, 4) is 0 Å². The Morgan fingerprint density at radius 3 is 2.75 bits per heavy atom. The summed E-state index contributed by atoms with van der Waals surface area (Å²) < 4.78 is 5.20. The van der Waals surface area contributed by atoms with Gasteiger partial charge in [0.05, 0.1) is 0 Å². The largest absolute Gasteiger partial charge is 0.465 e. The second-order valence-corrected chi connectivity index (χ2v) is 4.75. The summed E-state index contributed by atoms with van der Waals surface area (Å²) in [6.45, 7) is 0.639. The second-order valence-electron chi connectivity index (χ2n) is 4.75. The van der Waals surface area contributed by atoms with Crippen LogP contribution in [0.3, 0.4) is 0 Å². The number of benzene rings is 1. The summed E-state index contributed by atoms with van der Waals surface area (Å²) in [5.41, 5.74) is 0.899. The predicted octanol–water partition coefficient (Wildman–Crippen LogP) is 2.35. The highest BCUT2D eigenvalue weighted by Gasteiger charge is 2.34. The van der Waals surface area contributed by atoms with Crippen molar-refractivity contribution in [1.82, 2.24) is 9.80 Å². The quantitative estimate of drug-likeness (QED) is 0.921. The minimum Gasteiger partial charge on any atom is -0.465 e. The molecule has 1 aromatic carbocycles. The van der Waals surface area contributed by atoms with E-state index in [1.165, 1.54) is 9.80 Å². The van der Waals surface area contributed by atoms with E-state index in [2.05, 4.69) is 0 Å². The molecule has 0 aromatic heterocycles. The molecule has 2 rings (SSSR count). The minimum absolute atomic E-state index is 0.184. The van der Waals surface area contributed by atoms with Crippen LogP contribution in [0.25, 0.3) is 0 Å². The molecule has 1 aliphatic heterocycles. The van der Waals surface area contributed by atoms with Crippen LogP contribution in [0.4, 0.5) is 9.59 Å². The van der Waals surface area contributed by atoms with E-state index in [1.54, 1.807) is 7.05 Å². The average Bonchev–Trinajstić information content (AvgIpc) is 2.94. The van der Waals surface area contributed by atoms with Crippen molar-refractivity contribution in [2.75, 3.05) is 13.6 Å². The standard InChI is InChI=1S/C14H18N2O4/c1-15(12-8-5-9-16(12)13(17)18)14(19)20-10-11-6-3-2-4-7-11/h2-4,6-7,12H,5,8-10H2,1H3,(H,17,18). The van der Waals surface area contributed by atoms with E-state index in [0.29, 0.717) is 13.0 Å². The summed E-state index contributed by atoms with van der Waals surface area (Å²) in [5.74, 6) is 0. The lowest BCUT2D eigenvalue weighted by Crippen LogP contribution is -2.47. The molecule has 0 saturated carbocycles. The van der Waals surface area contributed by atoms with Gasteiger partial charge in [0.15, 0.2) is 0 Å². The van der Waals surface area contributed by atoms with E-state index in [1.807, 2.05) is 30.3 Å². The molecule has 6 nitrogen and oxygen atoms in total. The molecule has 1 unspecified atom stereocenters. The zero-order chi connectivity index (χ0) is 14.5.